The molecule has 2 aromatic heterocycles. The van der Waals surface area contributed by atoms with Crippen molar-refractivity contribution in [2.45, 2.75) is 19.4 Å². The second-order valence-electron chi connectivity index (χ2n) is 3.16. The van der Waals surface area contributed by atoms with Gasteiger partial charge in [-0.15, -0.1) is 0 Å². The van der Waals surface area contributed by atoms with Crippen LogP contribution < -0.4 is 0 Å². The van der Waals surface area contributed by atoms with Crippen LogP contribution in [-0.2, 0) is 0 Å². The van der Waals surface area contributed by atoms with Crippen LogP contribution in [0.2, 0.25) is 0 Å². The van der Waals surface area contributed by atoms with Crippen molar-refractivity contribution in [1.82, 2.24) is 9.38 Å². The van der Waals surface area contributed by atoms with Gasteiger partial charge in [0.1, 0.15) is 0 Å². The van der Waals surface area contributed by atoms with E-state index in [0.29, 0.717) is 12.1 Å². The standard InChI is InChI=1S/C10H11FN2O/c1-2-9(14)8-6-12-10-7(11)4-3-5-13(8)10/h3-6,9,14H,2H2,1H3. The van der Waals surface area contributed by atoms with Gasteiger partial charge in [-0.3, -0.25) is 4.40 Å². The molecule has 0 aliphatic carbocycles. The third-order valence-electron chi connectivity index (χ3n) is 2.24. The summed E-state index contributed by atoms with van der Waals surface area (Å²) in [4.78, 5) is 3.92. The number of rotatable bonds is 2. The van der Waals surface area contributed by atoms with Gasteiger partial charge in [0.15, 0.2) is 11.5 Å². The summed E-state index contributed by atoms with van der Waals surface area (Å²) in [5.74, 6) is -0.373. The van der Waals surface area contributed by atoms with E-state index in [-0.39, 0.29) is 11.5 Å². The lowest BCUT2D eigenvalue weighted by Gasteiger charge is -2.06. The Hall–Kier alpha value is -1.42. The predicted molar refractivity (Wildman–Crippen MR) is 50.4 cm³/mol. The van der Waals surface area contributed by atoms with Crippen molar-refractivity contribution in [3.8, 4) is 0 Å². The number of imidazole rings is 1. The maximum atomic E-state index is 13.2. The summed E-state index contributed by atoms with van der Waals surface area (Å²) in [6.45, 7) is 1.86. The van der Waals surface area contributed by atoms with E-state index in [4.69, 9.17) is 0 Å². The molecule has 4 heteroatoms. The van der Waals surface area contributed by atoms with E-state index in [1.54, 1.807) is 16.7 Å². The molecule has 14 heavy (non-hydrogen) atoms. The van der Waals surface area contributed by atoms with Gasteiger partial charge >= 0.3 is 0 Å². The smallest absolute Gasteiger partial charge is 0.173 e. The van der Waals surface area contributed by atoms with Crippen LogP contribution >= 0.6 is 0 Å². The summed E-state index contributed by atoms with van der Waals surface area (Å²) in [6.07, 6.45) is 3.20. The molecule has 2 heterocycles. The zero-order chi connectivity index (χ0) is 10.1. The van der Waals surface area contributed by atoms with Crippen LogP contribution in [0.25, 0.3) is 5.65 Å². The van der Waals surface area contributed by atoms with Crippen LogP contribution in [0.15, 0.2) is 24.5 Å². The van der Waals surface area contributed by atoms with Gasteiger partial charge in [0, 0.05) is 6.20 Å². The van der Waals surface area contributed by atoms with Crippen molar-refractivity contribution < 1.29 is 9.50 Å². The Kier molecular flexibility index (Phi) is 2.21. The fraction of sp³-hybridized carbons (Fsp3) is 0.300. The van der Waals surface area contributed by atoms with Crippen molar-refractivity contribution in [2.24, 2.45) is 0 Å². The van der Waals surface area contributed by atoms with Gasteiger partial charge in [0.25, 0.3) is 0 Å². The fourth-order valence-electron chi connectivity index (χ4n) is 1.45. The predicted octanol–water partition coefficient (Wildman–Crippen LogP) is 1.92. The Balaban J connectivity index is 2.63. The summed E-state index contributed by atoms with van der Waals surface area (Å²) in [5, 5.41) is 9.62. The summed E-state index contributed by atoms with van der Waals surface area (Å²) in [5.41, 5.74) is 0.886. The highest BCUT2D eigenvalue weighted by molar-refractivity contribution is 5.42. The molecule has 1 N–H and O–H groups in total. The monoisotopic (exact) mass is 194 g/mol. The van der Waals surface area contributed by atoms with Gasteiger partial charge in [-0.1, -0.05) is 6.92 Å². The molecule has 0 amide bonds. The largest absolute Gasteiger partial charge is 0.387 e. The molecule has 3 nitrogen and oxygen atoms in total. The summed E-state index contributed by atoms with van der Waals surface area (Å²) < 4.78 is 14.8. The lowest BCUT2D eigenvalue weighted by atomic mass is 10.2. The van der Waals surface area contributed by atoms with Crippen LogP contribution in [0, 0.1) is 5.82 Å². The van der Waals surface area contributed by atoms with Crippen molar-refractivity contribution in [1.29, 1.82) is 0 Å². The van der Waals surface area contributed by atoms with Gasteiger partial charge in [-0.05, 0) is 18.6 Å². The molecule has 0 fully saturated rings. The average molecular weight is 194 g/mol. The molecule has 2 aromatic rings. The van der Waals surface area contributed by atoms with E-state index in [0.717, 1.165) is 0 Å². The molecular formula is C10H11FN2O. The summed E-state index contributed by atoms with van der Waals surface area (Å²) in [6, 6.07) is 2.94. The van der Waals surface area contributed by atoms with Crippen LogP contribution in [0.3, 0.4) is 0 Å². The van der Waals surface area contributed by atoms with E-state index < -0.39 is 6.10 Å². The van der Waals surface area contributed by atoms with Crippen LogP contribution in [0.4, 0.5) is 4.39 Å². The van der Waals surface area contributed by atoms with Gasteiger partial charge in [0.05, 0.1) is 18.0 Å². The quantitative estimate of drug-likeness (QED) is 0.793. The minimum atomic E-state index is -0.591. The van der Waals surface area contributed by atoms with E-state index in [9.17, 15) is 9.50 Å². The molecule has 74 valence electrons. The molecule has 0 bridgehead atoms. The molecular weight excluding hydrogens is 183 g/mol. The highest BCUT2D eigenvalue weighted by Gasteiger charge is 2.12. The molecule has 0 aromatic carbocycles. The van der Waals surface area contributed by atoms with Gasteiger partial charge in [-0.25, -0.2) is 9.37 Å². The Morgan fingerprint density at radius 3 is 3.14 bits per heavy atom. The average Bonchev–Trinajstić information content (AvgIpc) is 2.62. The number of nitrogens with zero attached hydrogens (tertiary/aromatic N) is 2. The maximum absolute atomic E-state index is 13.2. The number of pyridine rings is 1. The maximum Gasteiger partial charge on any atom is 0.173 e. The SMILES string of the molecule is CCC(O)c1cnc2c(F)cccn12. The van der Waals surface area contributed by atoms with Crippen LogP contribution in [0.5, 0.6) is 0 Å². The molecule has 0 aliphatic heterocycles. The number of halogens is 1. The van der Waals surface area contributed by atoms with Crippen LogP contribution in [0.1, 0.15) is 25.1 Å². The Bertz CT molecular complexity index is 452. The first-order valence-corrected chi connectivity index (χ1v) is 4.53. The van der Waals surface area contributed by atoms with Crippen LogP contribution in [-0.4, -0.2) is 14.5 Å². The normalized spacial score (nSPS) is 13.4. The zero-order valence-electron chi connectivity index (χ0n) is 7.81. The molecule has 0 saturated carbocycles. The fourth-order valence-corrected chi connectivity index (χ4v) is 1.45. The first kappa shape index (κ1) is 9.15. The first-order valence-electron chi connectivity index (χ1n) is 4.53. The number of aromatic nitrogens is 2. The zero-order valence-corrected chi connectivity index (χ0v) is 7.81. The number of hydrogen-bond acceptors (Lipinski definition) is 2. The number of aliphatic hydroxyl groups excluding tert-OH is 1. The molecule has 1 atom stereocenters. The molecule has 0 saturated heterocycles. The van der Waals surface area contributed by atoms with E-state index >= 15 is 0 Å². The Labute approximate surface area is 80.8 Å². The molecule has 1 unspecified atom stereocenters. The second-order valence-corrected chi connectivity index (χ2v) is 3.16. The van der Waals surface area contributed by atoms with Crippen molar-refractivity contribution in [2.75, 3.05) is 0 Å². The number of hydrogen-bond donors (Lipinski definition) is 1. The minimum Gasteiger partial charge on any atom is -0.387 e. The van der Waals surface area contributed by atoms with Crippen molar-refractivity contribution in [3.05, 3.63) is 36.0 Å². The van der Waals surface area contributed by atoms with Crippen molar-refractivity contribution in [3.63, 3.8) is 0 Å². The highest BCUT2D eigenvalue weighted by Crippen LogP contribution is 2.18. The first-order chi connectivity index (χ1) is 6.74. The minimum absolute atomic E-state index is 0.259. The topological polar surface area (TPSA) is 37.5 Å². The Morgan fingerprint density at radius 1 is 1.64 bits per heavy atom. The number of fused-ring (bicyclic) bond motifs is 1. The summed E-state index contributed by atoms with van der Waals surface area (Å²) >= 11 is 0. The van der Waals surface area contributed by atoms with Gasteiger partial charge in [-0.2, -0.15) is 0 Å². The highest BCUT2D eigenvalue weighted by atomic mass is 19.1. The Morgan fingerprint density at radius 2 is 2.43 bits per heavy atom. The number of aliphatic hydroxyl groups is 1. The van der Waals surface area contributed by atoms with Gasteiger partial charge < -0.3 is 5.11 Å². The van der Waals surface area contributed by atoms with Crippen molar-refractivity contribution >= 4 is 5.65 Å². The van der Waals surface area contributed by atoms with E-state index in [1.165, 1.54) is 12.3 Å². The molecule has 0 aliphatic rings. The lowest BCUT2D eigenvalue weighted by molar-refractivity contribution is 0.168. The summed E-state index contributed by atoms with van der Waals surface area (Å²) in [7, 11) is 0. The third-order valence-corrected chi connectivity index (χ3v) is 2.24. The molecule has 2 rings (SSSR count). The van der Waals surface area contributed by atoms with Gasteiger partial charge in [0.2, 0.25) is 0 Å². The molecule has 0 radical (unpaired) electrons. The van der Waals surface area contributed by atoms with E-state index in [2.05, 4.69) is 4.98 Å². The molecule has 0 spiro atoms. The van der Waals surface area contributed by atoms with E-state index in [1.807, 2.05) is 6.92 Å². The second kappa shape index (κ2) is 3.38. The lowest BCUT2D eigenvalue weighted by Crippen LogP contribution is -2.00. The third kappa shape index (κ3) is 1.28.